The van der Waals surface area contributed by atoms with Crippen molar-refractivity contribution in [2.24, 2.45) is 17.8 Å². The van der Waals surface area contributed by atoms with Gasteiger partial charge >= 0.3 is 5.97 Å². The van der Waals surface area contributed by atoms with E-state index in [2.05, 4.69) is 5.32 Å². The van der Waals surface area contributed by atoms with Gasteiger partial charge in [-0.15, -0.1) is 0 Å². The van der Waals surface area contributed by atoms with E-state index in [4.69, 9.17) is 5.11 Å². The summed E-state index contributed by atoms with van der Waals surface area (Å²) in [6, 6.07) is 0. The van der Waals surface area contributed by atoms with Crippen LogP contribution >= 0.6 is 0 Å². The minimum absolute atomic E-state index is 0.122. The number of hydrogen-bond donors (Lipinski definition) is 2. The molecule has 5 heteroatoms. The average Bonchev–Trinajstić information content (AvgIpc) is 2.34. The minimum Gasteiger partial charge on any atom is -0.481 e. The lowest BCUT2D eigenvalue weighted by atomic mass is 9.86. The average molecular weight is 268 g/mol. The van der Waals surface area contributed by atoms with Gasteiger partial charge in [-0.05, 0) is 44.2 Å². The van der Waals surface area contributed by atoms with Gasteiger partial charge in [0.1, 0.15) is 0 Å². The van der Waals surface area contributed by atoms with Crippen LogP contribution < -0.4 is 5.32 Å². The number of nitrogens with zero attached hydrogens (tertiary/aromatic N) is 1. The molecule has 2 rings (SSSR count). The van der Waals surface area contributed by atoms with Gasteiger partial charge in [0.2, 0.25) is 5.91 Å². The molecule has 0 aromatic heterocycles. The summed E-state index contributed by atoms with van der Waals surface area (Å²) in [5.41, 5.74) is 0. The Balaban J connectivity index is 1.72. The molecule has 2 aliphatic rings. The quantitative estimate of drug-likeness (QED) is 0.779. The predicted molar refractivity (Wildman–Crippen MR) is 71.7 cm³/mol. The molecule has 0 aromatic rings. The highest BCUT2D eigenvalue weighted by Crippen LogP contribution is 2.25. The smallest absolute Gasteiger partial charge is 0.303 e. The number of piperidine rings is 1. The highest BCUT2D eigenvalue weighted by Gasteiger charge is 2.33. The van der Waals surface area contributed by atoms with Gasteiger partial charge in [-0.3, -0.25) is 9.59 Å². The first kappa shape index (κ1) is 14.3. The summed E-state index contributed by atoms with van der Waals surface area (Å²) in [5.74, 6) is 0.655. The van der Waals surface area contributed by atoms with E-state index < -0.39 is 5.97 Å². The van der Waals surface area contributed by atoms with E-state index in [1.165, 1.54) is 0 Å². The number of aliphatic carboxylic acids is 1. The zero-order valence-corrected chi connectivity index (χ0v) is 11.6. The van der Waals surface area contributed by atoms with Gasteiger partial charge in [-0.2, -0.15) is 0 Å². The van der Waals surface area contributed by atoms with E-state index in [-0.39, 0.29) is 18.2 Å². The van der Waals surface area contributed by atoms with Gasteiger partial charge in [0.05, 0.1) is 0 Å². The van der Waals surface area contributed by atoms with Crippen LogP contribution in [-0.2, 0) is 9.59 Å². The molecule has 2 heterocycles. The van der Waals surface area contributed by atoms with Crippen LogP contribution in [0.1, 0.15) is 32.6 Å². The first-order valence-corrected chi connectivity index (χ1v) is 7.29. The molecule has 1 amide bonds. The van der Waals surface area contributed by atoms with Crippen LogP contribution in [0.4, 0.5) is 0 Å². The Morgan fingerprint density at radius 2 is 1.95 bits per heavy atom. The van der Waals surface area contributed by atoms with Gasteiger partial charge in [0.15, 0.2) is 0 Å². The zero-order valence-electron chi connectivity index (χ0n) is 11.6. The summed E-state index contributed by atoms with van der Waals surface area (Å²) in [6.07, 6.45) is 2.91. The molecule has 0 aromatic carbocycles. The lowest BCUT2D eigenvalue weighted by Crippen LogP contribution is -2.51. The molecule has 1 unspecified atom stereocenters. The van der Waals surface area contributed by atoms with Gasteiger partial charge < -0.3 is 15.3 Å². The third-order valence-electron chi connectivity index (χ3n) is 4.60. The third-order valence-corrected chi connectivity index (χ3v) is 4.60. The lowest BCUT2D eigenvalue weighted by Gasteiger charge is -2.38. The number of carboxylic acids is 1. The summed E-state index contributed by atoms with van der Waals surface area (Å²) in [6.45, 7) is 5.55. The number of carbonyl (C=O) groups is 2. The Labute approximate surface area is 114 Å². The summed E-state index contributed by atoms with van der Waals surface area (Å²) in [7, 11) is 0. The maximum atomic E-state index is 12.3. The zero-order chi connectivity index (χ0) is 13.8. The van der Waals surface area contributed by atoms with E-state index in [1.807, 2.05) is 11.8 Å². The Morgan fingerprint density at radius 3 is 2.42 bits per heavy atom. The topological polar surface area (TPSA) is 69.6 Å². The fourth-order valence-electron chi connectivity index (χ4n) is 2.92. The van der Waals surface area contributed by atoms with Crippen molar-refractivity contribution in [1.29, 1.82) is 0 Å². The molecular formula is C14H24N2O3. The molecule has 2 fully saturated rings. The summed E-state index contributed by atoms with van der Waals surface area (Å²) >= 11 is 0. The summed E-state index contributed by atoms with van der Waals surface area (Å²) in [4.78, 5) is 24.8. The molecule has 2 N–H and O–H groups in total. The highest BCUT2D eigenvalue weighted by atomic mass is 16.4. The van der Waals surface area contributed by atoms with Crippen molar-refractivity contribution in [2.45, 2.75) is 32.6 Å². The van der Waals surface area contributed by atoms with Crippen molar-refractivity contribution >= 4 is 11.9 Å². The maximum Gasteiger partial charge on any atom is 0.303 e. The van der Waals surface area contributed by atoms with E-state index in [0.29, 0.717) is 11.8 Å². The van der Waals surface area contributed by atoms with Crippen molar-refractivity contribution in [3.8, 4) is 0 Å². The van der Waals surface area contributed by atoms with Crippen LogP contribution in [0.2, 0.25) is 0 Å². The van der Waals surface area contributed by atoms with Crippen LogP contribution in [0.25, 0.3) is 0 Å². The largest absolute Gasteiger partial charge is 0.481 e. The molecule has 0 aliphatic carbocycles. The fourth-order valence-corrected chi connectivity index (χ4v) is 2.92. The van der Waals surface area contributed by atoms with Crippen LogP contribution in [0.3, 0.4) is 0 Å². The van der Waals surface area contributed by atoms with Crippen LogP contribution in [0.5, 0.6) is 0 Å². The van der Waals surface area contributed by atoms with Gasteiger partial charge in [0, 0.05) is 25.4 Å². The summed E-state index contributed by atoms with van der Waals surface area (Å²) in [5, 5.41) is 11.9. The molecule has 0 spiro atoms. The van der Waals surface area contributed by atoms with Crippen LogP contribution in [0, 0.1) is 17.8 Å². The molecule has 2 aliphatic heterocycles. The highest BCUT2D eigenvalue weighted by molar-refractivity contribution is 5.79. The lowest BCUT2D eigenvalue weighted by molar-refractivity contribution is -0.140. The predicted octanol–water partition coefficient (Wildman–Crippen LogP) is 0.945. The van der Waals surface area contributed by atoms with Crippen molar-refractivity contribution in [1.82, 2.24) is 10.2 Å². The molecule has 1 atom stereocenters. The van der Waals surface area contributed by atoms with E-state index in [0.717, 1.165) is 45.4 Å². The third kappa shape index (κ3) is 3.69. The number of carboxylic acid groups (broad SMARTS) is 1. The number of rotatable bonds is 5. The summed E-state index contributed by atoms with van der Waals surface area (Å²) < 4.78 is 0. The molecule has 19 heavy (non-hydrogen) atoms. The number of hydrogen-bond acceptors (Lipinski definition) is 3. The Morgan fingerprint density at radius 1 is 1.32 bits per heavy atom. The van der Waals surface area contributed by atoms with Crippen molar-refractivity contribution in [2.75, 3.05) is 26.2 Å². The minimum atomic E-state index is -0.718. The first-order valence-electron chi connectivity index (χ1n) is 7.29. The fraction of sp³-hybridized carbons (Fsp3) is 0.857. The molecule has 2 saturated heterocycles. The molecular weight excluding hydrogens is 244 g/mol. The SMILES string of the molecule is CC(C(=O)N1CCC(CCC(=O)O)CC1)C1CNC1. The van der Waals surface area contributed by atoms with Crippen molar-refractivity contribution in [3.05, 3.63) is 0 Å². The molecule has 0 radical (unpaired) electrons. The van der Waals surface area contributed by atoms with Crippen LogP contribution in [0.15, 0.2) is 0 Å². The number of carbonyl (C=O) groups excluding carboxylic acids is 1. The first-order chi connectivity index (χ1) is 9.08. The maximum absolute atomic E-state index is 12.3. The molecule has 5 nitrogen and oxygen atoms in total. The molecule has 0 bridgehead atoms. The Kier molecular flexibility index (Phi) is 4.80. The Hall–Kier alpha value is -1.10. The van der Waals surface area contributed by atoms with Crippen molar-refractivity contribution in [3.63, 3.8) is 0 Å². The normalized spacial score (nSPS) is 22.9. The standard InChI is InChI=1S/C14H24N2O3/c1-10(12-8-15-9-12)14(19)16-6-4-11(5-7-16)2-3-13(17)18/h10-12,15H,2-9H2,1H3,(H,17,18). The monoisotopic (exact) mass is 268 g/mol. The second-order valence-corrected chi connectivity index (χ2v) is 5.91. The van der Waals surface area contributed by atoms with E-state index in [9.17, 15) is 9.59 Å². The van der Waals surface area contributed by atoms with E-state index >= 15 is 0 Å². The molecule has 0 saturated carbocycles. The number of amides is 1. The number of nitrogens with one attached hydrogen (secondary N) is 1. The van der Waals surface area contributed by atoms with Gasteiger partial charge in [0.25, 0.3) is 0 Å². The Bertz CT molecular complexity index is 334. The number of likely N-dealkylation sites (tertiary alicyclic amines) is 1. The second-order valence-electron chi connectivity index (χ2n) is 5.91. The van der Waals surface area contributed by atoms with Gasteiger partial charge in [-0.25, -0.2) is 0 Å². The second kappa shape index (κ2) is 6.37. The van der Waals surface area contributed by atoms with Crippen LogP contribution in [-0.4, -0.2) is 48.1 Å². The van der Waals surface area contributed by atoms with Gasteiger partial charge in [-0.1, -0.05) is 6.92 Å². The van der Waals surface area contributed by atoms with E-state index in [1.54, 1.807) is 0 Å². The molecule has 108 valence electrons. The van der Waals surface area contributed by atoms with Crippen molar-refractivity contribution < 1.29 is 14.7 Å².